The van der Waals surface area contributed by atoms with Gasteiger partial charge in [-0.25, -0.2) is 0 Å². The molecule has 0 aromatic carbocycles. The molecule has 1 aromatic rings. The van der Waals surface area contributed by atoms with Crippen molar-refractivity contribution in [3.8, 4) is 0 Å². The summed E-state index contributed by atoms with van der Waals surface area (Å²) in [7, 11) is 0. The van der Waals surface area contributed by atoms with Crippen LogP contribution in [0.25, 0.3) is 0 Å². The second-order valence-corrected chi connectivity index (χ2v) is 7.30. The van der Waals surface area contributed by atoms with Gasteiger partial charge in [0.1, 0.15) is 0 Å². The maximum atomic E-state index is 5.93. The number of thiophene rings is 1. The molecule has 0 aliphatic carbocycles. The fourth-order valence-corrected chi connectivity index (χ4v) is 3.31. The van der Waals surface area contributed by atoms with E-state index >= 15 is 0 Å². The Morgan fingerprint density at radius 1 is 1.29 bits per heavy atom. The molecule has 17 heavy (non-hydrogen) atoms. The lowest BCUT2D eigenvalue weighted by Crippen LogP contribution is -2.39. The zero-order valence-corrected chi connectivity index (χ0v) is 12.0. The van der Waals surface area contributed by atoms with E-state index in [-0.39, 0.29) is 5.41 Å². The van der Waals surface area contributed by atoms with Crippen LogP contribution in [-0.2, 0) is 12.0 Å². The quantitative estimate of drug-likeness (QED) is 0.877. The number of nitrogens with two attached hydrogens (primary N) is 1. The number of nitrogens with zero attached hydrogens (tertiary/aromatic N) is 1. The largest absolute Gasteiger partial charge is 0.328 e. The number of piperidine rings is 1. The molecule has 1 fully saturated rings. The van der Waals surface area contributed by atoms with Crippen LogP contribution in [0.15, 0.2) is 12.1 Å². The molecule has 0 spiro atoms. The summed E-state index contributed by atoms with van der Waals surface area (Å²) >= 11 is 1.96. The highest BCUT2D eigenvalue weighted by Gasteiger charge is 2.19. The van der Waals surface area contributed by atoms with Crippen molar-refractivity contribution in [3.05, 3.63) is 21.9 Å². The van der Waals surface area contributed by atoms with Crippen molar-refractivity contribution in [2.75, 3.05) is 13.1 Å². The van der Waals surface area contributed by atoms with Crippen molar-refractivity contribution in [3.63, 3.8) is 0 Å². The fourth-order valence-electron chi connectivity index (χ4n) is 2.20. The molecule has 0 atom stereocenters. The van der Waals surface area contributed by atoms with Gasteiger partial charge < -0.3 is 5.73 Å². The van der Waals surface area contributed by atoms with Crippen molar-refractivity contribution in [1.29, 1.82) is 0 Å². The SMILES string of the molecule is CC(C)(C)c1ccc(CN2CCC(N)CC2)s1. The Morgan fingerprint density at radius 3 is 2.47 bits per heavy atom. The van der Waals surface area contributed by atoms with Gasteiger partial charge in [0.15, 0.2) is 0 Å². The van der Waals surface area contributed by atoms with E-state index in [1.165, 1.54) is 9.75 Å². The Morgan fingerprint density at radius 2 is 1.94 bits per heavy atom. The van der Waals surface area contributed by atoms with Gasteiger partial charge in [0, 0.05) is 22.3 Å². The summed E-state index contributed by atoms with van der Waals surface area (Å²) in [6.45, 7) is 10.3. The molecule has 0 unspecified atom stereocenters. The molecule has 3 heteroatoms. The van der Waals surface area contributed by atoms with Crippen LogP contribution in [0.3, 0.4) is 0 Å². The molecular formula is C14H24N2S. The van der Waals surface area contributed by atoms with E-state index in [9.17, 15) is 0 Å². The molecule has 0 bridgehead atoms. The molecule has 1 saturated heterocycles. The highest BCUT2D eigenvalue weighted by Crippen LogP contribution is 2.30. The molecule has 0 amide bonds. The first-order valence-electron chi connectivity index (χ1n) is 6.52. The van der Waals surface area contributed by atoms with Crippen molar-refractivity contribution in [2.24, 2.45) is 5.73 Å². The van der Waals surface area contributed by atoms with Gasteiger partial charge in [-0.1, -0.05) is 20.8 Å². The van der Waals surface area contributed by atoms with Crippen LogP contribution in [0, 0.1) is 0 Å². The third kappa shape index (κ3) is 3.54. The van der Waals surface area contributed by atoms with Crippen molar-refractivity contribution >= 4 is 11.3 Å². The first-order valence-corrected chi connectivity index (χ1v) is 7.34. The first-order chi connectivity index (χ1) is 7.95. The number of hydrogen-bond acceptors (Lipinski definition) is 3. The normalized spacial score (nSPS) is 19.8. The number of likely N-dealkylation sites (tertiary alicyclic amines) is 1. The summed E-state index contributed by atoms with van der Waals surface area (Å²) in [5, 5.41) is 0. The van der Waals surface area contributed by atoms with Crippen molar-refractivity contribution < 1.29 is 0 Å². The molecule has 0 radical (unpaired) electrons. The average molecular weight is 252 g/mol. The molecular weight excluding hydrogens is 228 g/mol. The number of hydrogen-bond donors (Lipinski definition) is 1. The van der Waals surface area contributed by atoms with Gasteiger partial charge in [-0.05, 0) is 43.5 Å². The Hall–Kier alpha value is -0.380. The molecule has 1 aliphatic heterocycles. The zero-order chi connectivity index (χ0) is 12.5. The predicted molar refractivity (Wildman–Crippen MR) is 75.5 cm³/mol. The smallest absolute Gasteiger partial charge is 0.0328 e. The minimum Gasteiger partial charge on any atom is -0.328 e. The monoisotopic (exact) mass is 252 g/mol. The lowest BCUT2D eigenvalue weighted by Gasteiger charge is -2.29. The summed E-state index contributed by atoms with van der Waals surface area (Å²) in [5.41, 5.74) is 6.21. The van der Waals surface area contributed by atoms with E-state index in [4.69, 9.17) is 5.73 Å². The van der Waals surface area contributed by atoms with Gasteiger partial charge in [0.05, 0.1) is 0 Å². The van der Waals surface area contributed by atoms with Crippen LogP contribution >= 0.6 is 11.3 Å². The lowest BCUT2D eigenvalue weighted by atomic mass is 9.95. The molecule has 1 aliphatic rings. The van der Waals surface area contributed by atoms with Gasteiger partial charge >= 0.3 is 0 Å². The third-order valence-electron chi connectivity index (χ3n) is 3.41. The van der Waals surface area contributed by atoms with Gasteiger partial charge in [-0.15, -0.1) is 11.3 Å². The van der Waals surface area contributed by atoms with Gasteiger partial charge in [0.25, 0.3) is 0 Å². The van der Waals surface area contributed by atoms with E-state index in [0.29, 0.717) is 6.04 Å². The van der Waals surface area contributed by atoms with Crippen LogP contribution in [-0.4, -0.2) is 24.0 Å². The molecule has 2 rings (SSSR count). The number of rotatable bonds is 2. The Kier molecular flexibility index (Phi) is 3.91. The highest BCUT2D eigenvalue weighted by atomic mass is 32.1. The zero-order valence-electron chi connectivity index (χ0n) is 11.2. The molecule has 2 heterocycles. The maximum Gasteiger partial charge on any atom is 0.0328 e. The fraction of sp³-hybridized carbons (Fsp3) is 0.714. The molecule has 96 valence electrons. The Bertz CT molecular complexity index is 357. The minimum absolute atomic E-state index is 0.285. The highest BCUT2D eigenvalue weighted by molar-refractivity contribution is 7.12. The average Bonchev–Trinajstić information content (AvgIpc) is 2.69. The Labute approximate surface area is 109 Å². The van der Waals surface area contributed by atoms with Crippen molar-refractivity contribution in [1.82, 2.24) is 4.90 Å². The van der Waals surface area contributed by atoms with Gasteiger partial charge in [0.2, 0.25) is 0 Å². The van der Waals surface area contributed by atoms with Crippen molar-refractivity contribution in [2.45, 2.75) is 51.6 Å². The first kappa shape index (κ1) is 13.1. The lowest BCUT2D eigenvalue weighted by molar-refractivity contribution is 0.207. The van der Waals surface area contributed by atoms with E-state index in [1.54, 1.807) is 0 Å². The van der Waals surface area contributed by atoms with Crippen LogP contribution in [0.1, 0.15) is 43.4 Å². The second kappa shape index (κ2) is 5.09. The molecule has 2 nitrogen and oxygen atoms in total. The summed E-state index contributed by atoms with van der Waals surface area (Å²) in [4.78, 5) is 5.51. The Balaban J connectivity index is 1.93. The second-order valence-electron chi connectivity index (χ2n) is 6.13. The minimum atomic E-state index is 0.285. The molecule has 1 aromatic heterocycles. The summed E-state index contributed by atoms with van der Waals surface area (Å²) in [6, 6.07) is 5.01. The summed E-state index contributed by atoms with van der Waals surface area (Å²) in [5.74, 6) is 0. The van der Waals surface area contributed by atoms with E-state index in [2.05, 4.69) is 37.8 Å². The third-order valence-corrected chi connectivity index (χ3v) is 4.91. The van der Waals surface area contributed by atoms with Crippen LogP contribution in [0.4, 0.5) is 0 Å². The molecule has 0 saturated carbocycles. The van der Waals surface area contributed by atoms with Gasteiger partial charge in [-0.2, -0.15) is 0 Å². The summed E-state index contributed by atoms with van der Waals surface area (Å²) < 4.78 is 0. The van der Waals surface area contributed by atoms with E-state index in [1.807, 2.05) is 11.3 Å². The van der Waals surface area contributed by atoms with Crippen LogP contribution < -0.4 is 5.73 Å². The van der Waals surface area contributed by atoms with E-state index in [0.717, 1.165) is 32.5 Å². The van der Waals surface area contributed by atoms with Crippen LogP contribution in [0.2, 0.25) is 0 Å². The van der Waals surface area contributed by atoms with Crippen LogP contribution in [0.5, 0.6) is 0 Å². The maximum absolute atomic E-state index is 5.93. The standard InChI is InChI=1S/C14H24N2S/c1-14(2,3)13-5-4-12(17-13)10-16-8-6-11(15)7-9-16/h4-5,11H,6-10,15H2,1-3H3. The topological polar surface area (TPSA) is 29.3 Å². The van der Waals surface area contributed by atoms with E-state index < -0.39 is 0 Å². The summed E-state index contributed by atoms with van der Waals surface area (Å²) in [6.07, 6.45) is 2.30. The van der Waals surface area contributed by atoms with Gasteiger partial charge in [-0.3, -0.25) is 4.90 Å². The molecule has 2 N–H and O–H groups in total. The predicted octanol–water partition coefficient (Wildman–Crippen LogP) is 2.97.